The van der Waals surface area contributed by atoms with E-state index in [1.54, 1.807) is 0 Å². The summed E-state index contributed by atoms with van der Waals surface area (Å²) < 4.78 is 7.98. The van der Waals surface area contributed by atoms with E-state index in [2.05, 4.69) is 6.92 Å². The highest BCUT2D eigenvalue weighted by Crippen LogP contribution is 2.35. The molecule has 0 N–H and O–H groups in total. The highest BCUT2D eigenvalue weighted by atomic mass is 35.5. The van der Waals surface area contributed by atoms with Crippen LogP contribution in [0.2, 0.25) is 0 Å². The van der Waals surface area contributed by atoms with Crippen molar-refractivity contribution in [2.75, 3.05) is 6.54 Å². The van der Waals surface area contributed by atoms with Gasteiger partial charge in [0.05, 0.1) is 0 Å². The van der Waals surface area contributed by atoms with Gasteiger partial charge in [-0.2, -0.15) is 4.42 Å². The molecule has 1 atom stereocenters. The molecule has 0 amide bonds. The molecule has 1 fully saturated rings. The Morgan fingerprint density at radius 1 is 1.28 bits per heavy atom. The van der Waals surface area contributed by atoms with Gasteiger partial charge in [0.25, 0.3) is 0 Å². The average Bonchev–Trinajstić information content (AvgIpc) is 2.42. The minimum absolute atomic E-state index is 0.359. The zero-order chi connectivity index (χ0) is 13.0. The largest absolute Gasteiger partial charge is 0.471 e. The number of piperidine rings is 1. The van der Waals surface area contributed by atoms with Crippen molar-refractivity contribution in [1.82, 2.24) is 4.42 Å². The predicted octanol–water partition coefficient (Wildman–Crippen LogP) is 4.55. The molecule has 0 saturated carbocycles. The number of ether oxygens (including phenoxy) is 1. The van der Waals surface area contributed by atoms with Gasteiger partial charge in [0.2, 0.25) is 0 Å². The molecule has 1 aromatic rings. The molecule has 0 aliphatic carbocycles. The van der Waals surface area contributed by atoms with E-state index < -0.39 is 0 Å². The first-order chi connectivity index (χ1) is 8.70. The van der Waals surface area contributed by atoms with Gasteiger partial charge >= 0.3 is 0 Å². The highest BCUT2D eigenvalue weighted by molar-refractivity contribution is 6.17. The first-order valence-corrected chi connectivity index (χ1v) is 7.35. The zero-order valence-corrected chi connectivity index (χ0v) is 12.2. The van der Waals surface area contributed by atoms with E-state index in [4.69, 9.17) is 28.1 Å². The minimum atomic E-state index is -0.359. The van der Waals surface area contributed by atoms with Crippen LogP contribution in [0.25, 0.3) is 0 Å². The predicted molar refractivity (Wildman–Crippen MR) is 76.1 cm³/mol. The van der Waals surface area contributed by atoms with Gasteiger partial charge in [-0.1, -0.05) is 19.1 Å². The van der Waals surface area contributed by atoms with Crippen molar-refractivity contribution in [1.29, 1.82) is 0 Å². The van der Waals surface area contributed by atoms with E-state index in [-0.39, 0.29) is 5.72 Å². The number of halogens is 2. The molecule has 1 saturated heterocycles. The quantitative estimate of drug-likeness (QED) is 0.595. The van der Waals surface area contributed by atoms with E-state index in [0.29, 0.717) is 5.88 Å². The van der Waals surface area contributed by atoms with Gasteiger partial charge in [0, 0.05) is 18.8 Å². The Morgan fingerprint density at radius 2 is 2.00 bits per heavy atom. The van der Waals surface area contributed by atoms with Crippen molar-refractivity contribution in [2.45, 2.75) is 44.2 Å². The second-order valence-electron chi connectivity index (χ2n) is 4.72. The van der Waals surface area contributed by atoms with E-state index in [1.807, 2.05) is 28.7 Å². The fourth-order valence-corrected chi connectivity index (χ4v) is 2.90. The van der Waals surface area contributed by atoms with Gasteiger partial charge in [-0.3, -0.25) is 0 Å². The van der Waals surface area contributed by atoms with Crippen molar-refractivity contribution in [3.05, 3.63) is 29.8 Å². The monoisotopic (exact) mass is 287 g/mol. The van der Waals surface area contributed by atoms with Crippen molar-refractivity contribution in [3.63, 3.8) is 0 Å². The number of hydrogen-bond acceptors (Lipinski definition) is 2. The van der Waals surface area contributed by atoms with Crippen LogP contribution in [0.4, 0.5) is 0 Å². The summed E-state index contributed by atoms with van der Waals surface area (Å²) in [6, 6.07) is 7.92. The number of hydrogen-bond donors (Lipinski definition) is 0. The van der Waals surface area contributed by atoms with Gasteiger partial charge in [0.1, 0.15) is 5.75 Å². The molecule has 1 heterocycles. The third-order valence-electron chi connectivity index (χ3n) is 3.55. The Bertz CT molecular complexity index is 382. The summed E-state index contributed by atoms with van der Waals surface area (Å²) in [5, 5.41) is 0. The van der Waals surface area contributed by atoms with Crippen molar-refractivity contribution in [3.8, 4) is 5.75 Å². The van der Waals surface area contributed by atoms with E-state index >= 15 is 0 Å². The summed E-state index contributed by atoms with van der Waals surface area (Å²) in [7, 11) is 0. The van der Waals surface area contributed by atoms with Gasteiger partial charge in [-0.15, -0.1) is 11.6 Å². The Hall–Kier alpha value is -0.440. The number of nitrogens with zero attached hydrogens (tertiary/aromatic N) is 1. The lowest BCUT2D eigenvalue weighted by Gasteiger charge is -2.42. The number of rotatable bonds is 4. The number of alkyl halides is 1. The first kappa shape index (κ1) is 14.0. The fraction of sp³-hybridized carbons (Fsp3) is 0.571. The van der Waals surface area contributed by atoms with E-state index in [0.717, 1.165) is 43.5 Å². The SMILES string of the molecule is CCC1(Oc2ccc(CCl)cc2)CCCCN1Cl. The Kier molecular flexibility index (Phi) is 4.77. The Morgan fingerprint density at radius 3 is 2.56 bits per heavy atom. The van der Waals surface area contributed by atoms with Crippen LogP contribution >= 0.6 is 23.4 Å². The maximum atomic E-state index is 6.34. The van der Waals surface area contributed by atoms with E-state index in [9.17, 15) is 0 Å². The smallest absolute Gasteiger partial charge is 0.176 e. The van der Waals surface area contributed by atoms with Crippen LogP contribution in [-0.4, -0.2) is 16.7 Å². The molecular formula is C14H19Cl2NO. The molecule has 0 spiro atoms. The Balaban J connectivity index is 2.13. The first-order valence-electron chi connectivity index (χ1n) is 6.47. The van der Waals surface area contributed by atoms with Crippen LogP contribution < -0.4 is 4.74 Å². The van der Waals surface area contributed by atoms with E-state index in [1.165, 1.54) is 0 Å². The molecule has 2 nitrogen and oxygen atoms in total. The van der Waals surface area contributed by atoms with Crippen molar-refractivity contribution >= 4 is 23.4 Å². The summed E-state index contributed by atoms with van der Waals surface area (Å²) in [5.41, 5.74) is 0.739. The summed E-state index contributed by atoms with van der Waals surface area (Å²) in [6.45, 7) is 3.00. The lowest BCUT2D eigenvalue weighted by atomic mass is 9.98. The van der Waals surface area contributed by atoms with Gasteiger partial charge in [-0.25, -0.2) is 0 Å². The molecule has 1 aliphatic rings. The molecule has 0 radical (unpaired) electrons. The van der Waals surface area contributed by atoms with Crippen LogP contribution in [-0.2, 0) is 5.88 Å². The summed E-state index contributed by atoms with van der Waals surface area (Å²) in [4.78, 5) is 0. The normalized spacial score (nSPS) is 25.1. The van der Waals surface area contributed by atoms with Crippen LogP contribution in [0, 0.1) is 0 Å². The van der Waals surface area contributed by atoms with Crippen molar-refractivity contribution < 1.29 is 4.74 Å². The van der Waals surface area contributed by atoms with Crippen LogP contribution in [0.3, 0.4) is 0 Å². The second kappa shape index (κ2) is 6.14. The minimum Gasteiger partial charge on any atom is -0.471 e. The number of benzene rings is 1. The molecule has 4 heteroatoms. The fourth-order valence-electron chi connectivity index (χ4n) is 2.36. The van der Waals surface area contributed by atoms with Crippen LogP contribution in [0.5, 0.6) is 5.75 Å². The molecule has 18 heavy (non-hydrogen) atoms. The molecular weight excluding hydrogens is 269 g/mol. The zero-order valence-electron chi connectivity index (χ0n) is 10.7. The second-order valence-corrected chi connectivity index (χ2v) is 5.40. The topological polar surface area (TPSA) is 12.5 Å². The summed E-state index contributed by atoms with van der Waals surface area (Å²) in [5.74, 6) is 1.39. The maximum Gasteiger partial charge on any atom is 0.176 e. The summed E-state index contributed by atoms with van der Waals surface area (Å²) in [6.07, 6.45) is 4.16. The lowest BCUT2D eigenvalue weighted by Crippen LogP contribution is -2.50. The lowest BCUT2D eigenvalue weighted by molar-refractivity contribution is -0.0639. The molecule has 0 bridgehead atoms. The van der Waals surface area contributed by atoms with Gasteiger partial charge in [0.15, 0.2) is 5.72 Å². The standard InChI is InChI=1S/C14H19Cl2NO/c1-2-14(9-3-4-10-17(14)16)18-13-7-5-12(11-15)6-8-13/h5-8H,2-4,9-11H2,1H3. The molecule has 1 aliphatic heterocycles. The molecule has 1 aromatic carbocycles. The molecule has 1 unspecified atom stereocenters. The maximum absolute atomic E-state index is 6.34. The van der Waals surface area contributed by atoms with Crippen LogP contribution in [0.15, 0.2) is 24.3 Å². The Labute approximate surface area is 119 Å². The molecule has 100 valence electrons. The van der Waals surface area contributed by atoms with Crippen molar-refractivity contribution in [2.24, 2.45) is 0 Å². The summed E-state index contributed by atoms with van der Waals surface area (Å²) >= 11 is 12.1. The van der Waals surface area contributed by atoms with Gasteiger partial charge in [-0.05, 0) is 48.7 Å². The third-order valence-corrected chi connectivity index (χ3v) is 4.34. The molecule has 2 rings (SSSR count). The average molecular weight is 288 g/mol. The third kappa shape index (κ3) is 2.93. The van der Waals surface area contributed by atoms with Gasteiger partial charge < -0.3 is 4.74 Å². The molecule has 0 aromatic heterocycles. The van der Waals surface area contributed by atoms with Crippen LogP contribution in [0.1, 0.15) is 38.2 Å². The highest BCUT2D eigenvalue weighted by Gasteiger charge is 2.38.